The van der Waals surface area contributed by atoms with Crippen LogP contribution in [0.2, 0.25) is 0 Å². The highest BCUT2D eigenvalue weighted by molar-refractivity contribution is 7.99. The lowest BCUT2D eigenvalue weighted by molar-refractivity contribution is -0.186. The molecule has 34 nitrogen and oxygen atoms in total. The fraction of sp³-hybridized carbons (Fsp3) is 0.557. The van der Waals surface area contributed by atoms with Crippen molar-refractivity contribution in [3.63, 3.8) is 0 Å². The molecule has 6 aromatic carbocycles. The number of aromatic hydroxyl groups is 2. The number of hydrogen-bond donors (Lipinski definition) is 5. The van der Waals surface area contributed by atoms with Gasteiger partial charge in [-0.1, -0.05) is 27.0 Å². The van der Waals surface area contributed by atoms with E-state index in [4.69, 9.17) is 85.3 Å². The number of nitrogens with zero attached hydrogens (tertiary/aromatic N) is 5. The van der Waals surface area contributed by atoms with Gasteiger partial charge < -0.3 is 101 Å². The summed E-state index contributed by atoms with van der Waals surface area (Å²) in [5.74, 6) is 2.26. The molecule has 718 valence electrons. The minimum Gasteiger partial charge on any atom is -0.504 e. The lowest BCUT2D eigenvalue weighted by Crippen LogP contribution is -2.70. The quantitative estimate of drug-likeness (QED) is 0.0537. The molecule has 6 aromatic rings. The number of carbonyl (C=O) groups excluding carboxylic acids is 6. The molecule has 4 fully saturated rings. The first-order chi connectivity index (χ1) is 61.9. The van der Waals surface area contributed by atoms with Gasteiger partial charge in [0.25, 0.3) is 0 Å². The number of nitrogens with one attached hydrogen (secondary N) is 2. The molecule has 0 aliphatic carbocycles. The molecule has 36 heteroatoms. The first-order valence-electron chi connectivity index (χ1n) is 43.8. The Morgan fingerprint density at radius 3 is 1.23 bits per heavy atom. The Bertz CT molecular complexity index is 5760. The van der Waals surface area contributed by atoms with Crippen LogP contribution >= 0.6 is 23.5 Å². The van der Waals surface area contributed by atoms with Crippen molar-refractivity contribution in [2.24, 2.45) is 0 Å². The second-order valence-electron chi connectivity index (χ2n) is 39.1. The third-order valence-corrected chi connectivity index (χ3v) is 29.4. The van der Waals surface area contributed by atoms with Gasteiger partial charge in [-0.25, -0.2) is 28.8 Å². The number of piperazine rings is 2. The van der Waals surface area contributed by atoms with E-state index in [0.29, 0.717) is 129 Å². The minimum atomic E-state index is -1.49. The number of nitriles is 1. The van der Waals surface area contributed by atoms with Gasteiger partial charge in [-0.05, 0) is 219 Å². The number of phenols is 2. The van der Waals surface area contributed by atoms with Crippen molar-refractivity contribution in [3.05, 3.63) is 125 Å². The number of benzene rings is 6. The predicted octanol–water partition coefficient (Wildman–Crippen LogP) is 14.7. The summed E-state index contributed by atoms with van der Waals surface area (Å²) in [6.45, 7) is 28.2. The number of aliphatic hydroxyl groups is 1. The number of esters is 2. The van der Waals surface area contributed by atoms with E-state index in [1.54, 1.807) is 121 Å². The van der Waals surface area contributed by atoms with E-state index in [0.717, 1.165) is 33.4 Å². The normalized spacial score (nSPS) is 26.2. The molecule has 14 aliphatic heterocycles. The summed E-state index contributed by atoms with van der Waals surface area (Å²) < 4.78 is 107. The van der Waals surface area contributed by atoms with Crippen LogP contribution in [0, 0.1) is 39.0 Å². The van der Waals surface area contributed by atoms with Crippen molar-refractivity contribution < 1.29 is 129 Å². The summed E-state index contributed by atoms with van der Waals surface area (Å²) in [6.07, 6.45) is -2.97. The van der Waals surface area contributed by atoms with Gasteiger partial charge in [-0.15, -0.1) is 23.5 Å². The number of aliphatic hydroxyl groups excluding tert-OH is 1. The maximum absolute atomic E-state index is 15.2. The molecule has 14 heterocycles. The highest BCUT2D eigenvalue weighted by Gasteiger charge is 2.65. The van der Waals surface area contributed by atoms with Gasteiger partial charge in [-0.2, -0.15) is 5.26 Å². The first-order valence-corrected chi connectivity index (χ1v) is 45.9. The van der Waals surface area contributed by atoms with Crippen molar-refractivity contribution in [1.82, 2.24) is 30.2 Å². The number of thioether (sulfide) groups is 2. The number of rotatable bonds is 8. The van der Waals surface area contributed by atoms with Crippen LogP contribution in [-0.4, -0.2) is 224 Å². The topological polar surface area (TPSA) is 390 Å². The summed E-state index contributed by atoms with van der Waals surface area (Å²) in [4.78, 5) is 92.1. The highest BCUT2D eigenvalue weighted by atomic mass is 32.2. The van der Waals surface area contributed by atoms with Crippen LogP contribution in [0.15, 0.2) is 36.4 Å². The Labute approximate surface area is 782 Å². The molecule has 0 radical (unpaired) electrons. The molecule has 8 bridgehead atoms. The van der Waals surface area contributed by atoms with E-state index < -0.39 is 135 Å². The van der Waals surface area contributed by atoms with Crippen LogP contribution in [0.5, 0.6) is 80.5 Å². The van der Waals surface area contributed by atoms with Gasteiger partial charge in [0.1, 0.15) is 59.4 Å². The zero-order chi connectivity index (χ0) is 94.0. The fourth-order valence-corrected chi connectivity index (χ4v) is 24.8. The average Bonchev–Trinajstić information content (AvgIpc) is 1.53. The van der Waals surface area contributed by atoms with E-state index >= 15 is 9.59 Å². The zero-order valence-corrected chi connectivity index (χ0v) is 79.2. The summed E-state index contributed by atoms with van der Waals surface area (Å²) >= 11 is 2.84. The molecule has 14 atom stereocenters. The van der Waals surface area contributed by atoms with Crippen LogP contribution in [0.1, 0.15) is 222 Å². The monoisotopic (exact) mass is 1880 g/mol. The van der Waals surface area contributed by atoms with Crippen molar-refractivity contribution in [2.45, 2.75) is 256 Å². The molecule has 14 aliphatic rings. The van der Waals surface area contributed by atoms with Crippen molar-refractivity contribution >= 4 is 60.1 Å². The lowest BCUT2D eigenvalue weighted by Gasteiger charge is -2.62. The Morgan fingerprint density at radius 2 is 0.842 bits per heavy atom. The van der Waals surface area contributed by atoms with Gasteiger partial charge in [-0.3, -0.25) is 30.2 Å². The van der Waals surface area contributed by atoms with Crippen LogP contribution in [0.25, 0.3) is 0 Å². The van der Waals surface area contributed by atoms with Crippen LogP contribution in [0.4, 0.5) is 19.2 Å². The number of fused-ring (bicyclic) bond motifs is 18. The Hall–Kier alpha value is -10.8. The second kappa shape index (κ2) is 35.5. The molecule has 0 amide bonds. The standard InChI is InChI=1S/C48H56N4O13S.C47H57N3O14S.2CH4/c1-22-14-25-15-27-28(18-49)52-29-19-59-43(54)48(26-17-30(57-10)31(16-24(26)12-13-50-48)62-44(55)64-46(3,4)5)20-66-42(36(52)35(51(27)9)32(25)37(53)38(22)58-11)34-33(29)41-40(60-21-61-41)23(2)39(34)63-45(56)65-47(6,7)8;1-21-14-24-15-26-41(52)50-27-18-58-42(53)47(25-17-28(56-10)29(16-23(25)12-13-48-47)61-43(54)63-45(3,4)5)19-65-40(34(50)33(49(26)9)30(24)35(51)36(21)57-11)32-31(27)39-38(59-20-60-39)22(2)37(32)62-44(55)64-46(6,7)8;;/h14,16-17,27-29,35-36,42,50,53H,12-13,15,19-21H2,1-11H3;14,16-17,26-27,33-34,40-41,48,51-52H,12-13,15,18-20H2,1-11H3;2*1H4/t27-,28-,29-,35+,36?,42+,48+;26-,27-,33+,34?,40+,41-,47+;;/m00../s1. The molecule has 0 aromatic heterocycles. The summed E-state index contributed by atoms with van der Waals surface area (Å²) in [5, 5.41) is 54.1. The SMILES string of the molecule is C.C.COc1cc2c(cc1OC(=O)OC(C)(C)C)CCN[C@]21CS[C@@H]2c3c(OC(=O)OC(C)(C)C)c(C)c4c(c3[C@H](COC1=O)N1C2[C@H]2c3c(cc(C)c(OC)c3O)C[C@@H]([C@@H]1C#N)N2C)OCO4.COc1cc2c(cc1OC(=O)OC(C)(C)C)CCN[C@]21CS[C@@H]2c3c(OC(=O)OC(C)(C)C)c(C)c4c(c3[C@H](COC1=O)N1C2[C@H]2c3c(cc(C)c(OC)c3O)C[C@@H]([C@@H]1O)N2C)OCO4. The molecule has 20 rings (SSSR count). The van der Waals surface area contributed by atoms with Crippen molar-refractivity contribution in [3.8, 4) is 86.6 Å². The Kier molecular flexibility index (Phi) is 25.8. The van der Waals surface area contributed by atoms with Gasteiger partial charge in [0.15, 0.2) is 80.1 Å². The van der Waals surface area contributed by atoms with Crippen LogP contribution in [0.3, 0.4) is 0 Å². The van der Waals surface area contributed by atoms with E-state index in [2.05, 4.69) is 31.4 Å². The van der Waals surface area contributed by atoms with Crippen LogP contribution < -0.4 is 67.5 Å². The lowest BCUT2D eigenvalue weighted by atomic mass is 9.71. The second-order valence-corrected chi connectivity index (χ2v) is 41.3. The van der Waals surface area contributed by atoms with E-state index in [-0.39, 0.29) is 105 Å². The Morgan fingerprint density at radius 1 is 0.474 bits per heavy atom. The number of ether oxygens (including phenoxy) is 18. The van der Waals surface area contributed by atoms with Crippen molar-refractivity contribution in [2.75, 3.05) is 93.9 Å². The predicted molar refractivity (Wildman–Crippen MR) is 488 cm³/mol. The van der Waals surface area contributed by atoms with Gasteiger partial charge in [0.05, 0.1) is 75.2 Å². The molecular weight excluding hydrogens is 1760 g/mol. The first kappa shape index (κ1) is 96.8. The fourth-order valence-electron chi connectivity index (χ4n) is 21.5. The maximum Gasteiger partial charge on any atom is 0.514 e. The third-order valence-electron chi connectivity index (χ3n) is 26.5. The molecule has 2 unspecified atom stereocenters. The molecule has 133 heavy (non-hydrogen) atoms. The van der Waals surface area contributed by atoms with Gasteiger partial charge in [0, 0.05) is 87.2 Å². The molecule has 5 N–H and O–H groups in total. The summed E-state index contributed by atoms with van der Waals surface area (Å²) in [5.41, 5.74) is 4.12. The zero-order valence-electron chi connectivity index (χ0n) is 77.6. The number of methoxy groups -OCH3 is 4. The smallest absolute Gasteiger partial charge is 0.504 e. The number of carbonyl (C=O) groups is 6. The largest absolute Gasteiger partial charge is 0.514 e. The van der Waals surface area contributed by atoms with E-state index in [9.17, 15) is 39.8 Å². The van der Waals surface area contributed by atoms with Crippen molar-refractivity contribution in [1.29, 1.82) is 5.26 Å². The third kappa shape index (κ3) is 16.5. The summed E-state index contributed by atoms with van der Waals surface area (Å²) in [7, 11) is 9.85. The summed E-state index contributed by atoms with van der Waals surface area (Å²) in [6, 6.07) is 7.77. The van der Waals surface area contributed by atoms with Crippen LogP contribution in [-0.2, 0) is 74.8 Å². The van der Waals surface area contributed by atoms with Gasteiger partial charge in [0.2, 0.25) is 13.6 Å². The molecule has 0 saturated carbocycles. The Balaban J connectivity index is 0.000000200. The highest BCUT2D eigenvalue weighted by Crippen LogP contribution is 2.68. The number of phenolic OH excluding ortho intramolecular Hbond substituents is 2. The minimum absolute atomic E-state index is 0. The van der Waals surface area contributed by atoms with E-state index in [1.165, 1.54) is 52.0 Å². The van der Waals surface area contributed by atoms with E-state index in [1.807, 2.05) is 45.0 Å². The molecule has 4 saturated heterocycles. The van der Waals surface area contributed by atoms with Gasteiger partial charge >= 0.3 is 36.6 Å². The average molecular weight is 1880 g/mol. The number of aryl methyl sites for hydroxylation is 2. The maximum atomic E-state index is 15.2. The molecular formula is C97H121N7O27S2. The molecule has 2 spiro atoms. The number of likely N-dealkylation sites (N-methyl/N-ethyl adjacent to an activating group) is 2. The number of hydrogen-bond acceptors (Lipinski definition) is 36.